The number of ketones is 1. The second-order valence-corrected chi connectivity index (χ2v) is 20.2. The van der Waals surface area contributed by atoms with Crippen LogP contribution in [0.2, 0.25) is 0 Å². The summed E-state index contributed by atoms with van der Waals surface area (Å²) in [7, 11) is 2.02. The van der Waals surface area contributed by atoms with Crippen LogP contribution in [0.3, 0.4) is 0 Å². The largest absolute Gasteiger partial charge is 0.482 e. The number of carbonyl (C=O) groups excluding carboxylic acids is 4. The monoisotopic (exact) mass is 922 g/mol. The van der Waals surface area contributed by atoms with E-state index in [2.05, 4.69) is 65.5 Å². The zero-order chi connectivity index (χ0) is 48.2. The van der Waals surface area contributed by atoms with Crippen LogP contribution < -0.4 is 24.8 Å². The van der Waals surface area contributed by atoms with E-state index in [-0.39, 0.29) is 61.3 Å². The second kappa shape index (κ2) is 18.5. The first kappa shape index (κ1) is 47.9. The number of piperazine rings is 1. The molecule has 1 aromatic heterocycles. The molecule has 0 radical (unpaired) electrons. The summed E-state index contributed by atoms with van der Waals surface area (Å²) in [5, 5.41) is 33.8. The predicted molar refractivity (Wildman–Crippen MR) is 253 cm³/mol. The van der Waals surface area contributed by atoms with E-state index in [9.17, 15) is 24.6 Å². The van der Waals surface area contributed by atoms with E-state index in [1.165, 1.54) is 11.9 Å². The van der Waals surface area contributed by atoms with E-state index in [4.69, 9.17) is 14.2 Å². The molecule has 67 heavy (non-hydrogen) atoms. The topological polar surface area (TPSA) is 198 Å². The number of amides is 2. The van der Waals surface area contributed by atoms with Gasteiger partial charge >= 0.3 is 5.97 Å². The number of rotatable bonds is 15. The molecule has 2 bridgehead atoms. The summed E-state index contributed by atoms with van der Waals surface area (Å²) in [6.45, 7) is 18.3. The van der Waals surface area contributed by atoms with Gasteiger partial charge in [-0.2, -0.15) is 10.1 Å². The van der Waals surface area contributed by atoms with Gasteiger partial charge in [0.15, 0.2) is 22.7 Å². The summed E-state index contributed by atoms with van der Waals surface area (Å²) >= 11 is 0. The predicted octanol–water partition coefficient (Wildman–Crippen LogP) is 5.72. The van der Waals surface area contributed by atoms with Crippen molar-refractivity contribution in [2.24, 2.45) is 17.8 Å². The van der Waals surface area contributed by atoms with Gasteiger partial charge in [0.25, 0.3) is 0 Å². The third-order valence-electron chi connectivity index (χ3n) is 14.5. The number of fused-ring (bicyclic) bond motifs is 6. The number of esters is 1. The number of nitrogens with zero attached hydrogens (tertiary/aromatic N) is 5. The summed E-state index contributed by atoms with van der Waals surface area (Å²) in [6, 6.07) is -0.727. The van der Waals surface area contributed by atoms with Crippen molar-refractivity contribution in [3.05, 3.63) is 69.6 Å². The molecule has 7 aliphatic rings. The summed E-state index contributed by atoms with van der Waals surface area (Å²) in [5.41, 5.74) is 0.385. The van der Waals surface area contributed by atoms with Crippen molar-refractivity contribution in [3.63, 3.8) is 0 Å². The first-order valence-corrected chi connectivity index (χ1v) is 23.8. The molecule has 1 aromatic carbocycles. The first-order chi connectivity index (χ1) is 31.8. The molecule has 4 N–H and O–H groups in total. The van der Waals surface area contributed by atoms with Gasteiger partial charge in [-0.05, 0) is 92.3 Å². The number of anilines is 1. The minimum absolute atomic E-state index is 0.0325. The Balaban J connectivity index is 1.36. The minimum atomic E-state index is -2.21. The van der Waals surface area contributed by atoms with Gasteiger partial charge in [-0.1, -0.05) is 43.2 Å². The number of allylic oxidation sites excluding steroid dienone is 4. The lowest BCUT2D eigenvalue weighted by Gasteiger charge is -2.65. The number of likely N-dealkylation sites (N-methyl/N-ethyl adjacent to an activating group) is 1. The van der Waals surface area contributed by atoms with Gasteiger partial charge in [-0.25, -0.2) is 4.68 Å². The number of ether oxygens (including phenoxy) is 3. The van der Waals surface area contributed by atoms with Gasteiger partial charge in [0, 0.05) is 74.1 Å². The van der Waals surface area contributed by atoms with Crippen LogP contribution in [0.25, 0.3) is 11.8 Å². The molecule has 360 valence electrons. The minimum Gasteiger partial charge on any atom is -0.482 e. The average molecular weight is 922 g/mol. The molecule has 3 aliphatic carbocycles. The maximum atomic E-state index is 15.3. The number of aromatic nitrogens is 3. The molecular formula is C51H67N7O9. The standard InChI is InChI=1S/C51H67N7O9/c1-29(2)11-10-18-49(8)19-17-34-43(66-49)33(13-12-30(3)4)45-39(44(34)65-38(61)15-14-37(60)57-24-22-56(9)23-25-57)41-40-42(58-48(55-41)53-28-54-58)35-27-36(31(5)6)51(40,67-45)50(64,46(35)62)20-16-32(7)47(63)52-21-26-59/h11-12,16-17,19,28,31,35-36,42,59,64H,10,13-15,18,20-27H2,1-9H3,(H,52,63)(H,53,54,55)/b32-16-. The number of nitrogens with one attached hydrogen (secondary N) is 2. The summed E-state index contributed by atoms with van der Waals surface area (Å²) in [5.74, 6) is -1.68. The van der Waals surface area contributed by atoms with Crippen molar-refractivity contribution in [1.29, 1.82) is 0 Å². The molecule has 4 fully saturated rings. The fraction of sp³-hybridized carbons (Fsp3) is 0.569. The van der Waals surface area contributed by atoms with Crippen LogP contribution >= 0.6 is 0 Å². The Morgan fingerprint density at radius 3 is 2.45 bits per heavy atom. The smallest absolute Gasteiger partial charge is 0.311 e. The van der Waals surface area contributed by atoms with Crippen molar-refractivity contribution < 1.29 is 43.6 Å². The fourth-order valence-electron chi connectivity index (χ4n) is 10.9. The highest BCUT2D eigenvalue weighted by Crippen LogP contribution is 2.69. The molecule has 5 heterocycles. The fourth-order valence-corrected chi connectivity index (χ4v) is 10.9. The van der Waals surface area contributed by atoms with Gasteiger partial charge in [0.2, 0.25) is 17.8 Å². The van der Waals surface area contributed by atoms with Gasteiger partial charge in [0.05, 0.1) is 35.9 Å². The number of carbonyl (C=O) groups is 4. The van der Waals surface area contributed by atoms with Crippen LogP contribution in [-0.4, -0.2) is 122 Å². The van der Waals surface area contributed by atoms with Gasteiger partial charge < -0.3 is 44.9 Å². The molecule has 1 spiro atoms. The van der Waals surface area contributed by atoms with Crippen molar-refractivity contribution in [2.75, 3.05) is 51.7 Å². The zero-order valence-electron chi connectivity index (χ0n) is 40.5. The van der Waals surface area contributed by atoms with E-state index in [1.54, 1.807) is 22.6 Å². The maximum Gasteiger partial charge on any atom is 0.311 e. The molecule has 2 aromatic rings. The Hall–Kier alpha value is -5.58. The Morgan fingerprint density at radius 2 is 1.76 bits per heavy atom. The third kappa shape index (κ3) is 8.43. The molecule has 4 aliphatic heterocycles. The highest BCUT2D eigenvalue weighted by Gasteiger charge is 2.77. The number of hydrogen-bond donors (Lipinski definition) is 4. The number of Topliss-reactive ketones (excluding diaryl/α,β-unsaturated/α-hetero) is 1. The molecule has 16 nitrogen and oxygen atoms in total. The molecule has 6 atom stereocenters. The molecule has 2 amide bonds. The van der Waals surface area contributed by atoms with Crippen molar-refractivity contribution in [3.8, 4) is 17.2 Å². The molecule has 16 heteroatoms. The Labute approximate surface area is 393 Å². The molecule has 1 saturated heterocycles. The Kier molecular flexibility index (Phi) is 13.2. The summed E-state index contributed by atoms with van der Waals surface area (Å²) < 4.78 is 23.1. The SMILES string of the molecule is CC(C)=CCCC1(C)C=Cc2c(c(CC=C(C)C)c3c(c2OC(=O)CCC(=O)N2CCN(C)CC2)C2=C4C(C5CC(C(C)C)C4(O3)C(O)(C/C=C(/C)C(=O)NCCO)C5=O)n3ncnc3N2)O1. The first-order valence-electron chi connectivity index (χ1n) is 23.8. The molecule has 9 rings (SSSR count). The number of hydrogen-bond acceptors (Lipinski definition) is 13. The third-order valence-corrected chi connectivity index (χ3v) is 14.5. The highest BCUT2D eigenvalue weighted by atomic mass is 16.5. The van der Waals surface area contributed by atoms with Crippen LogP contribution in [0.4, 0.5) is 5.95 Å². The van der Waals surface area contributed by atoms with Gasteiger partial charge in [-0.3, -0.25) is 19.2 Å². The highest BCUT2D eigenvalue weighted by molar-refractivity contribution is 6.02. The number of aliphatic hydroxyl groups is 2. The summed E-state index contributed by atoms with van der Waals surface area (Å²) in [4.78, 5) is 64.8. The molecule has 3 saturated carbocycles. The molecule has 6 unspecified atom stereocenters. The van der Waals surface area contributed by atoms with Crippen molar-refractivity contribution >= 4 is 41.3 Å². The number of benzene rings is 1. The van der Waals surface area contributed by atoms with E-state index < -0.39 is 52.3 Å². The van der Waals surface area contributed by atoms with Crippen LogP contribution in [0.1, 0.15) is 117 Å². The summed E-state index contributed by atoms with van der Waals surface area (Å²) in [6.07, 6.45) is 12.8. The van der Waals surface area contributed by atoms with Crippen LogP contribution in [0, 0.1) is 17.8 Å². The van der Waals surface area contributed by atoms with E-state index >= 15 is 4.79 Å². The number of aliphatic hydroxyl groups excluding tert-OH is 1. The average Bonchev–Trinajstić information content (AvgIpc) is 3.76. The van der Waals surface area contributed by atoms with E-state index in [0.29, 0.717) is 72.0 Å². The van der Waals surface area contributed by atoms with Gasteiger partial charge in [-0.15, -0.1) is 0 Å². The molecular weight excluding hydrogens is 855 g/mol. The lowest BCUT2D eigenvalue weighted by atomic mass is 9.46. The van der Waals surface area contributed by atoms with Gasteiger partial charge in [0.1, 0.15) is 23.4 Å². The Morgan fingerprint density at radius 1 is 1.03 bits per heavy atom. The maximum absolute atomic E-state index is 15.3. The van der Waals surface area contributed by atoms with Crippen molar-refractivity contribution in [1.82, 2.24) is 29.9 Å². The lowest BCUT2D eigenvalue weighted by Crippen LogP contribution is -2.78. The zero-order valence-corrected chi connectivity index (χ0v) is 40.5. The Bertz CT molecular complexity index is 2500. The van der Waals surface area contributed by atoms with Crippen LogP contribution in [0.5, 0.6) is 17.2 Å². The second-order valence-electron chi connectivity index (χ2n) is 20.2. The van der Waals surface area contributed by atoms with Crippen molar-refractivity contribution in [2.45, 2.75) is 123 Å². The van der Waals surface area contributed by atoms with E-state index in [1.807, 2.05) is 40.0 Å². The lowest BCUT2D eigenvalue weighted by molar-refractivity contribution is -0.210. The quantitative estimate of drug-likeness (QED) is 0.0734. The van der Waals surface area contributed by atoms with Crippen LogP contribution in [-0.2, 0) is 25.6 Å². The van der Waals surface area contributed by atoms with Crippen LogP contribution in [0.15, 0.2) is 52.9 Å². The normalized spacial score (nSPS) is 26.9. The van der Waals surface area contributed by atoms with E-state index in [0.717, 1.165) is 25.1 Å².